The fourth-order valence-corrected chi connectivity index (χ4v) is 7.29. The topological polar surface area (TPSA) is 179 Å². The Balaban J connectivity index is 0.000000201. The van der Waals surface area contributed by atoms with Gasteiger partial charge in [-0.15, -0.1) is 0 Å². The molecule has 52 heavy (non-hydrogen) atoms. The van der Waals surface area contributed by atoms with Gasteiger partial charge in [0.25, 0.3) is 20.0 Å². The number of amides is 2. The molecule has 0 aliphatic carbocycles. The minimum Gasteiger partial charge on any atom is -0.360 e. The molecule has 2 aromatic heterocycles. The Kier molecular flexibility index (Phi) is 11.5. The second-order valence-corrected chi connectivity index (χ2v) is 14.8. The smallest absolute Gasteiger partial charge is 0.264 e. The van der Waals surface area contributed by atoms with Crippen molar-refractivity contribution in [1.29, 1.82) is 0 Å². The van der Waals surface area contributed by atoms with Gasteiger partial charge in [0.2, 0.25) is 11.8 Å². The van der Waals surface area contributed by atoms with Crippen LogP contribution in [0.2, 0.25) is 0 Å². The van der Waals surface area contributed by atoms with Gasteiger partial charge in [0.1, 0.15) is 22.9 Å². The molecule has 4 aromatic carbocycles. The van der Waals surface area contributed by atoms with E-state index in [9.17, 15) is 26.4 Å². The first kappa shape index (κ1) is 37.4. The predicted octanol–water partition coefficient (Wildman–Crippen LogP) is 7.06. The number of carbonyl (C=O) groups is 2. The number of hydrogen-bond donors (Lipinski definition) is 2. The molecule has 0 fully saturated rings. The van der Waals surface area contributed by atoms with Crippen LogP contribution in [0.5, 0.6) is 0 Å². The number of carbonyl (C=O) groups excluding carboxylic acids is 2. The average molecular weight is 741 g/mol. The second kappa shape index (κ2) is 16.0. The van der Waals surface area contributed by atoms with Crippen LogP contribution in [-0.4, -0.2) is 39.0 Å². The second-order valence-electron chi connectivity index (χ2n) is 11.5. The quantitative estimate of drug-likeness (QED) is 0.148. The van der Waals surface area contributed by atoms with Gasteiger partial charge in [-0.25, -0.2) is 26.3 Å². The van der Waals surface area contributed by atoms with E-state index in [0.29, 0.717) is 22.9 Å². The van der Waals surface area contributed by atoms with E-state index < -0.39 is 31.9 Å². The molecule has 0 aliphatic heterocycles. The van der Waals surface area contributed by atoms with E-state index in [1.54, 1.807) is 52.0 Å². The molecule has 2 heterocycles. The molecule has 14 heteroatoms. The van der Waals surface area contributed by atoms with Gasteiger partial charge in [0, 0.05) is 24.0 Å². The van der Waals surface area contributed by atoms with Crippen LogP contribution in [0, 0.1) is 13.8 Å². The number of nitrogens with one attached hydrogen (secondary N) is 2. The first-order valence-corrected chi connectivity index (χ1v) is 19.2. The van der Waals surface area contributed by atoms with Crippen molar-refractivity contribution in [2.24, 2.45) is 0 Å². The fraction of sp³-hybridized carbons (Fsp3) is 0.158. The Hall–Kier alpha value is -5.86. The lowest BCUT2D eigenvalue weighted by Gasteiger charge is -2.07. The number of nitrogens with zero attached hydrogens (tertiary/aromatic N) is 2. The maximum Gasteiger partial charge on any atom is 0.264 e. The van der Waals surface area contributed by atoms with E-state index in [1.807, 2.05) is 70.1 Å². The summed E-state index contributed by atoms with van der Waals surface area (Å²) in [5.74, 6) is 0.183. The highest BCUT2D eigenvalue weighted by Gasteiger charge is 2.21. The van der Waals surface area contributed by atoms with Gasteiger partial charge < -0.3 is 9.05 Å². The number of aromatic nitrogens is 2. The average Bonchev–Trinajstić information content (AvgIpc) is 3.74. The van der Waals surface area contributed by atoms with Crippen molar-refractivity contribution in [3.8, 4) is 44.8 Å². The summed E-state index contributed by atoms with van der Waals surface area (Å²) in [6.07, 6.45) is 0.190. The van der Waals surface area contributed by atoms with Gasteiger partial charge in [-0.1, -0.05) is 109 Å². The van der Waals surface area contributed by atoms with Crippen molar-refractivity contribution in [1.82, 2.24) is 19.8 Å². The van der Waals surface area contributed by atoms with Gasteiger partial charge in [0.05, 0.1) is 20.9 Å². The third-order valence-corrected chi connectivity index (χ3v) is 10.6. The Morgan fingerprint density at radius 2 is 0.846 bits per heavy atom. The summed E-state index contributed by atoms with van der Waals surface area (Å²) in [5, 5.41) is 8.27. The van der Waals surface area contributed by atoms with E-state index in [2.05, 4.69) is 10.3 Å². The highest BCUT2D eigenvalue weighted by atomic mass is 32.2. The molecule has 6 rings (SSSR count). The van der Waals surface area contributed by atoms with Gasteiger partial charge in [-0.3, -0.25) is 9.59 Å². The molecule has 0 saturated carbocycles. The summed E-state index contributed by atoms with van der Waals surface area (Å²) in [5.41, 5.74) is 6.37. The van der Waals surface area contributed by atoms with Crippen LogP contribution in [0.25, 0.3) is 44.8 Å². The molecule has 0 aliphatic rings. The Bertz CT molecular complexity index is 2220. The first-order valence-electron chi connectivity index (χ1n) is 16.2. The molecular formula is C38H36N4O8S2. The maximum absolute atomic E-state index is 12.2. The molecule has 0 radical (unpaired) electrons. The summed E-state index contributed by atoms with van der Waals surface area (Å²) in [6.45, 7) is 6.79. The largest absolute Gasteiger partial charge is 0.360 e. The summed E-state index contributed by atoms with van der Waals surface area (Å²) < 4.78 is 63.5. The van der Waals surface area contributed by atoms with Crippen molar-refractivity contribution in [2.75, 3.05) is 0 Å². The molecule has 2 N–H and O–H groups in total. The predicted molar refractivity (Wildman–Crippen MR) is 195 cm³/mol. The lowest BCUT2D eigenvalue weighted by atomic mass is 10.00. The third-order valence-electron chi connectivity index (χ3n) is 7.87. The van der Waals surface area contributed by atoms with Gasteiger partial charge >= 0.3 is 0 Å². The molecule has 0 unspecified atom stereocenters. The van der Waals surface area contributed by atoms with Gasteiger partial charge in [-0.05, 0) is 49.2 Å². The Morgan fingerprint density at radius 1 is 0.519 bits per heavy atom. The zero-order chi connectivity index (χ0) is 37.5. The van der Waals surface area contributed by atoms with Crippen LogP contribution in [-0.2, 0) is 29.6 Å². The van der Waals surface area contributed by atoms with Crippen LogP contribution in [0.4, 0.5) is 0 Å². The summed E-state index contributed by atoms with van der Waals surface area (Å²) in [6, 6.07) is 31.8. The van der Waals surface area contributed by atoms with Crippen molar-refractivity contribution in [3.63, 3.8) is 0 Å². The molecule has 0 saturated heterocycles. The van der Waals surface area contributed by atoms with Crippen LogP contribution in [0.3, 0.4) is 0 Å². The van der Waals surface area contributed by atoms with Crippen LogP contribution in [0.1, 0.15) is 38.2 Å². The highest BCUT2D eigenvalue weighted by molar-refractivity contribution is 7.90. The number of hydrogen-bond acceptors (Lipinski definition) is 10. The highest BCUT2D eigenvalue weighted by Crippen LogP contribution is 2.36. The zero-order valence-corrected chi connectivity index (χ0v) is 30.4. The molecule has 0 atom stereocenters. The van der Waals surface area contributed by atoms with E-state index in [1.165, 1.54) is 24.3 Å². The fourth-order valence-electron chi connectivity index (χ4n) is 5.17. The first-order chi connectivity index (χ1) is 24.8. The van der Waals surface area contributed by atoms with Crippen molar-refractivity contribution >= 4 is 31.9 Å². The van der Waals surface area contributed by atoms with Crippen LogP contribution in [0.15, 0.2) is 128 Å². The van der Waals surface area contributed by atoms with Crippen LogP contribution >= 0.6 is 0 Å². The lowest BCUT2D eigenvalue weighted by molar-refractivity contribution is -0.119. The van der Waals surface area contributed by atoms with Gasteiger partial charge in [-0.2, -0.15) is 0 Å². The van der Waals surface area contributed by atoms with E-state index >= 15 is 0 Å². The Morgan fingerprint density at radius 3 is 1.15 bits per heavy atom. The molecular weight excluding hydrogens is 705 g/mol. The molecule has 0 spiro atoms. The van der Waals surface area contributed by atoms with Crippen molar-refractivity contribution in [3.05, 3.63) is 121 Å². The maximum atomic E-state index is 12.2. The number of aryl methyl sites for hydroxylation is 2. The van der Waals surface area contributed by atoms with Crippen molar-refractivity contribution < 1.29 is 35.5 Å². The van der Waals surface area contributed by atoms with Crippen molar-refractivity contribution in [2.45, 2.75) is 50.3 Å². The monoisotopic (exact) mass is 740 g/mol. The molecule has 2 amide bonds. The molecule has 6 aromatic rings. The normalized spacial score (nSPS) is 11.3. The Labute approximate surface area is 302 Å². The van der Waals surface area contributed by atoms with Gasteiger partial charge in [0.15, 0.2) is 0 Å². The summed E-state index contributed by atoms with van der Waals surface area (Å²) in [4.78, 5) is 22.8. The van der Waals surface area contributed by atoms with Crippen LogP contribution < -0.4 is 9.44 Å². The standard InChI is InChI=1S/2C19H18N2O4S/c2*1-3-17(22)21-26(23,24)16-11-9-14(10-12-16)18-13(2)25-20-19(18)15-7-5-4-6-8-15/h2*4-12H,3H2,1-2H3,(H,21,22). The number of sulfonamides is 2. The summed E-state index contributed by atoms with van der Waals surface area (Å²) >= 11 is 0. The third kappa shape index (κ3) is 8.53. The minimum atomic E-state index is -3.87. The number of benzene rings is 4. The number of rotatable bonds is 10. The van der Waals surface area contributed by atoms with E-state index in [-0.39, 0.29) is 22.6 Å². The molecule has 12 nitrogen and oxygen atoms in total. The molecule has 0 bridgehead atoms. The van der Waals surface area contributed by atoms with E-state index in [4.69, 9.17) is 9.05 Å². The lowest BCUT2D eigenvalue weighted by Crippen LogP contribution is -2.29. The minimum absolute atomic E-state index is 0.0263. The molecule has 268 valence electrons. The SMILES string of the molecule is CCC(=O)NS(=O)(=O)c1ccc(-c2c(-c3ccccc3)noc2C)cc1.CCC(=O)NS(=O)(=O)c1ccc(-c2c(-c3ccccc3)noc2C)cc1. The zero-order valence-electron chi connectivity index (χ0n) is 28.8. The summed E-state index contributed by atoms with van der Waals surface area (Å²) in [7, 11) is -7.74. The van der Waals surface area contributed by atoms with E-state index in [0.717, 1.165) is 33.4 Å².